The molecule has 11 rings (SSSR count). The van der Waals surface area contributed by atoms with Crippen molar-refractivity contribution in [3.63, 3.8) is 0 Å². The smallest absolute Gasteiger partial charge is 0.160 e. The first-order valence-corrected chi connectivity index (χ1v) is 17.6. The molecular formula is C49H30N2. The van der Waals surface area contributed by atoms with E-state index in [0.717, 1.165) is 33.9 Å². The molecule has 2 nitrogen and oxygen atoms in total. The minimum absolute atomic E-state index is 0.371. The Hall–Kier alpha value is -6.64. The van der Waals surface area contributed by atoms with E-state index >= 15 is 0 Å². The van der Waals surface area contributed by atoms with Crippen LogP contribution in [0.1, 0.15) is 22.3 Å². The quantitative estimate of drug-likeness (QED) is 0.178. The van der Waals surface area contributed by atoms with E-state index in [1.807, 2.05) is 12.1 Å². The lowest BCUT2D eigenvalue weighted by Gasteiger charge is -2.31. The van der Waals surface area contributed by atoms with E-state index in [0.29, 0.717) is 0 Å². The number of hydrogen-bond acceptors (Lipinski definition) is 2. The van der Waals surface area contributed by atoms with Gasteiger partial charge in [-0.15, -0.1) is 0 Å². The van der Waals surface area contributed by atoms with Crippen molar-refractivity contribution < 1.29 is 0 Å². The monoisotopic (exact) mass is 646 g/mol. The Morgan fingerprint density at radius 3 is 1.45 bits per heavy atom. The summed E-state index contributed by atoms with van der Waals surface area (Å²) in [7, 11) is 0. The van der Waals surface area contributed by atoms with Crippen LogP contribution >= 0.6 is 0 Å². The fraction of sp³-hybridized carbons (Fsp3) is 0.0204. The molecule has 2 aliphatic rings. The number of nitrogens with zero attached hydrogens (tertiary/aromatic N) is 2. The van der Waals surface area contributed by atoms with Gasteiger partial charge in [-0.05, 0) is 78.2 Å². The molecule has 0 fully saturated rings. The summed E-state index contributed by atoms with van der Waals surface area (Å²) < 4.78 is 0. The Morgan fingerprint density at radius 2 is 0.824 bits per heavy atom. The number of benzene rings is 8. The molecule has 0 bridgehead atoms. The summed E-state index contributed by atoms with van der Waals surface area (Å²) >= 11 is 0. The maximum absolute atomic E-state index is 5.07. The minimum Gasteiger partial charge on any atom is -0.228 e. The maximum atomic E-state index is 5.07. The normalized spacial score (nSPS) is 13.3. The van der Waals surface area contributed by atoms with Crippen molar-refractivity contribution in [3.8, 4) is 56.2 Å². The number of fused-ring (bicyclic) bond motifs is 7. The van der Waals surface area contributed by atoms with Crippen LogP contribution in [-0.2, 0) is 5.41 Å². The third-order valence-electron chi connectivity index (χ3n) is 11.1. The van der Waals surface area contributed by atoms with Gasteiger partial charge in [-0.3, -0.25) is 0 Å². The van der Waals surface area contributed by atoms with E-state index in [-0.39, 0.29) is 5.41 Å². The summed E-state index contributed by atoms with van der Waals surface area (Å²) in [5, 5.41) is 5.37. The van der Waals surface area contributed by atoms with Crippen LogP contribution in [0.2, 0.25) is 0 Å². The third kappa shape index (κ3) is 3.99. The van der Waals surface area contributed by atoms with Crippen molar-refractivity contribution in [2.45, 2.75) is 5.41 Å². The summed E-state index contributed by atoms with van der Waals surface area (Å²) in [6.45, 7) is 0. The number of aromatic nitrogens is 2. The highest BCUT2D eigenvalue weighted by Crippen LogP contribution is 2.62. The summed E-state index contributed by atoms with van der Waals surface area (Å²) in [6, 6.07) is 65.9. The minimum atomic E-state index is -0.371. The average Bonchev–Trinajstić information content (AvgIpc) is 3.68. The van der Waals surface area contributed by atoms with Crippen LogP contribution in [0.25, 0.3) is 77.7 Å². The van der Waals surface area contributed by atoms with E-state index in [9.17, 15) is 0 Å². The predicted molar refractivity (Wildman–Crippen MR) is 210 cm³/mol. The molecule has 0 saturated carbocycles. The zero-order chi connectivity index (χ0) is 33.5. The molecule has 0 N–H and O–H groups in total. The van der Waals surface area contributed by atoms with Gasteiger partial charge in [-0.25, -0.2) is 9.97 Å². The molecule has 236 valence electrons. The molecule has 2 heteroatoms. The molecule has 0 aliphatic heterocycles. The largest absolute Gasteiger partial charge is 0.228 e. The Bertz CT molecular complexity index is 2720. The Balaban J connectivity index is 1.06. The first-order valence-electron chi connectivity index (χ1n) is 17.6. The van der Waals surface area contributed by atoms with Gasteiger partial charge in [0.15, 0.2) is 5.82 Å². The molecule has 2 aliphatic carbocycles. The standard InChI is InChI=1S/C49H30N2/c1-3-11-32(12-4-1)44-30-45(33-13-5-2-6-14-33)51-48(50-44)36-25-21-31(22-26-36)37-27-28-39-38-17-7-8-18-40(38)49(43(39)29-37)41-19-9-15-34-23-24-35-16-10-20-42(49)47(35)46(34)41/h1-30H. The zero-order valence-electron chi connectivity index (χ0n) is 27.7. The molecule has 1 heterocycles. The maximum Gasteiger partial charge on any atom is 0.160 e. The van der Waals surface area contributed by atoms with Crippen LogP contribution in [0.15, 0.2) is 182 Å². The van der Waals surface area contributed by atoms with Gasteiger partial charge >= 0.3 is 0 Å². The highest BCUT2D eigenvalue weighted by molar-refractivity contribution is 6.17. The van der Waals surface area contributed by atoms with Crippen molar-refractivity contribution in [1.29, 1.82) is 0 Å². The molecule has 51 heavy (non-hydrogen) atoms. The highest BCUT2D eigenvalue weighted by Gasteiger charge is 2.50. The third-order valence-corrected chi connectivity index (χ3v) is 11.1. The molecule has 8 aromatic carbocycles. The van der Waals surface area contributed by atoms with Crippen molar-refractivity contribution in [2.24, 2.45) is 0 Å². The molecule has 0 saturated heterocycles. The van der Waals surface area contributed by atoms with Gasteiger partial charge in [0, 0.05) is 16.7 Å². The molecule has 0 radical (unpaired) electrons. The predicted octanol–water partition coefficient (Wildman–Crippen LogP) is 12.1. The number of rotatable bonds is 4. The van der Waals surface area contributed by atoms with Gasteiger partial charge in [0.25, 0.3) is 0 Å². The highest BCUT2D eigenvalue weighted by atomic mass is 14.9. The van der Waals surface area contributed by atoms with Crippen LogP contribution in [-0.4, -0.2) is 9.97 Å². The van der Waals surface area contributed by atoms with Crippen LogP contribution < -0.4 is 0 Å². The van der Waals surface area contributed by atoms with Gasteiger partial charge < -0.3 is 0 Å². The fourth-order valence-electron chi connectivity index (χ4n) is 8.87. The number of hydrogen-bond donors (Lipinski definition) is 0. The lowest BCUT2D eigenvalue weighted by molar-refractivity contribution is 0.797. The fourth-order valence-corrected chi connectivity index (χ4v) is 8.87. The van der Waals surface area contributed by atoms with Crippen molar-refractivity contribution >= 4 is 21.5 Å². The van der Waals surface area contributed by atoms with E-state index in [4.69, 9.17) is 9.97 Å². The van der Waals surface area contributed by atoms with Crippen molar-refractivity contribution in [3.05, 3.63) is 204 Å². The van der Waals surface area contributed by atoms with Gasteiger partial charge in [-0.2, -0.15) is 0 Å². The second-order valence-electron chi connectivity index (χ2n) is 13.7. The first kappa shape index (κ1) is 28.2. The van der Waals surface area contributed by atoms with Crippen LogP contribution in [0, 0.1) is 0 Å². The SMILES string of the molecule is c1ccc(-c2cc(-c3ccccc3)nc(-c3ccc(-c4ccc5c(c4)C4(c6ccccc6-5)c5cccc6ccc7cccc4c7c56)cc3)n2)cc1. The molecular weight excluding hydrogens is 617 g/mol. The molecule has 0 atom stereocenters. The lowest BCUT2D eigenvalue weighted by Crippen LogP contribution is -2.26. The summed E-state index contributed by atoms with van der Waals surface area (Å²) in [5.74, 6) is 0.718. The summed E-state index contributed by atoms with van der Waals surface area (Å²) in [4.78, 5) is 10.1. The molecule has 1 spiro atoms. The van der Waals surface area contributed by atoms with E-state index < -0.39 is 0 Å². The van der Waals surface area contributed by atoms with Crippen molar-refractivity contribution in [1.82, 2.24) is 9.97 Å². The molecule has 0 unspecified atom stereocenters. The van der Waals surface area contributed by atoms with Crippen LogP contribution in [0.4, 0.5) is 0 Å². The lowest BCUT2D eigenvalue weighted by atomic mass is 9.70. The molecule has 1 aromatic heterocycles. The van der Waals surface area contributed by atoms with Gasteiger partial charge in [0.1, 0.15) is 0 Å². The summed E-state index contributed by atoms with van der Waals surface area (Å²) in [6.07, 6.45) is 0. The van der Waals surface area contributed by atoms with Crippen molar-refractivity contribution in [2.75, 3.05) is 0 Å². The second kappa shape index (κ2) is 10.7. The first-order chi connectivity index (χ1) is 25.3. The Labute approximate surface area is 296 Å². The van der Waals surface area contributed by atoms with Gasteiger partial charge in [0.2, 0.25) is 0 Å². The Kier molecular flexibility index (Phi) is 5.91. The summed E-state index contributed by atoms with van der Waals surface area (Å²) in [5.41, 5.74) is 15.1. The van der Waals surface area contributed by atoms with Crippen LogP contribution in [0.3, 0.4) is 0 Å². The van der Waals surface area contributed by atoms with E-state index in [1.54, 1.807) is 0 Å². The molecule has 9 aromatic rings. The van der Waals surface area contributed by atoms with Gasteiger partial charge in [0.05, 0.1) is 16.8 Å². The zero-order valence-corrected chi connectivity index (χ0v) is 27.7. The molecule has 0 amide bonds. The Morgan fingerprint density at radius 1 is 0.314 bits per heavy atom. The average molecular weight is 647 g/mol. The second-order valence-corrected chi connectivity index (χ2v) is 13.7. The van der Waals surface area contributed by atoms with E-state index in [2.05, 4.69) is 170 Å². The topological polar surface area (TPSA) is 25.8 Å². The van der Waals surface area contributed by atoms with Crippen LogP contribution in [0.5, 0.6) is 0 Å². The van der Waals surface area contributed by atoms with E-state index in [1.165, 1.54) is 66.1 Å². The van der Waals surface area contributed by atoms with Gasteiger partial charge in [-0.1, -0.05) is 170 Å².